The van der Waals surface area contributed by atoms with Crippen LogP contribution in [0.2, 0.25) is 0 Å². The molecule has 12 heavy (non-hydrogen) atoms. The number of aromatic nitrogens is 4. The van der Waals surface area contributed by atoms with E-state index in [0.29, 0.717) is 6.54 Å². The van der Waals surface area contributed by atoms with Crippen molar-refractivity contribution in [3.63, 3.8) is 0 Å². The van der Waals surface area contributed by atoms with Gasteiger partial charge in [-0.3, -0.25) is 0 Å². The molecule has 0 saturated heterocycles. The highest BCUT2D eigenvalue weighted by Gasteiger charge is 1.97. The molecule has 0 unspecified atom stereocenters. The number of rotatable bonds is 5. The van der Waals surface area contributed by atoms with Crippen LogP contribution in [0.25, 0.3) is 0 Å². The minimum absolute atomic E-state index is 0.703. The lowest BCUT2D eigenvalue weighted by Gasteiger charge is -1.97. The van der Waals surface area contributed by atoms with Gasteiger partial charge in [0.05, 0.1) is 13.6 Å². The van der Waals surface area contributed by atoms with Gasteiger partial charge in [-0.25, -0.2) is 0 Å². The van der Waals surface area contributed by atoms with E-state index in [9.17, 15) is 0 Å². The van der Waals surface area contributed by atoms with E-state index in [2.05, 4.69) is 27.0 Å². The van der Waals surface area contributed by atoms with E-state index < -0.39 is 0 Å². The first-order valence-corrected chi connectivity index (χ1v) is 5.15. The topological polar surface area (TPSA) is 55.6 Å². The lowest BCUT2D eigenvalue weighted by molar-refractivity contribution is 0.623. The molecule has 6 heteroatoms. The molecule has 0 bridgehead atoms. The van der Waals surface area contributed by atoms with Gasteiger partial charge in [-0.2, -0.15) is 16.6 Å². The Bertz CT molecular complexity index is 223. The minimum Gasteiger partial charge on any atom is -0.309 e. The third-order valence-corrected chi connectivity index (χ3v) is 1.93. The average molecular weight is 187 g/mol. The zero-order valence-electron chi connectivity index (χ0n) is 7.32. The molecule has 1 aromatic heterocycles. The van der Waals surface area contributed by atoms with Crippen LogP contribution >= 0.6 is 11.8 Å². The summed E-state index contributed by atoms with van der Waals surface area (Å²) in [7, 11) is 1.76. The van der Waals surface area contributed by atoms with Crippen LogP contribution in [0, 0.1) is 0 Å². The molecule has 0 aliphatic carbocycles. The SMILES string of the molecule is CSCCNCc1nnn(C)n1. The van der Waals surface area contributed by atoms with Crippen molar-refractivity contribution in [1.29, 1.82) is 0 Å². The van der Waals surface area contributed by atoms with Gasteiger partial charge >= 0.3 is 0 Å². The van der Waals surface area contributed by atoms with E-state index in [4.69, 9.17) is 0 Å². The van der Waals surface area contributed by atoms with Gasteiger partial charge in [0.15, 0.2) is 5.82 Å². The fourth-order valence-electron chi connectivity index (χ4n) is 0.769. The third-order valence-electron chi connectivity index (χ3n) is 1.32. The molecule has 0 amide bonds. The first kappa shape index (κ1) is 9.47. The monoisotopic (exact) mass is 187 g/mol. The molecule has 68 valence electrons. The van der Waals surface area contributed by atoms with Crippen molar-refractivity contribution < 1.29 is 0 Å². The summed E-state index contributed by atoms with van der Waals surface area (Å²) in [4.78, 5) is 1.46. The van der Waals surface area contributed by atoms with E-state index in [0.717, 1.165) is 18.1 Å². The van der Waals surface area contributed by atoms with Crippen molar-refractivity contribution in [3.05, 3.63) is 5.82 Å². The van der Waals surface area contributed by atoms with E-state index >= 15 is 0 Å². The van der Waals surface area contributed by atoms with Gasteiger partial charge in [0.25, 0.3) is 0 Å². The van der Waals surface area contributed by atoms with Crippen molar-refractivity contribution in [2.75, 3.05) is 18.6 Å². The van der Waals surface area contributed by atoms with E-state index in [1.54, 1.807) is 7.05 Å². The number of nitrogens with zero attached hydrogens (tertiary/aromatic N) is 4. The Morgan fingerprint density at radius 1 is 1.58 bits per heavy atom. The number of aryl methyl sites for hydroxylation is 1. The summed E-state index contributed by atoms with van der Waals surface area (Å²) >= 11 is 1.82. The molecule has 0 fully saturated rings. The lowest BCUT2D eigenvalue weighted by atomic mass is 10.6. The molecular formula is C6H13N5S. The number of hydrogen-bond donors (Lipinski definition) is 1. The third kappa shape index (κ3) is 3.19. The fraction of sp³-hybridized carbons (Fsp3) is 0.833. The van der Waals surface area contributed by atoms with Crippen molar-refractivity contribution in [2.24, 2.45) is 7.05 Å². The van der Waals surface area contributed by atoms with Crippen molar-refractivity contribution in [3.8, 4) is 0 Å². The van der Waals surface area contributed by atoms with Gasteiger partial charge in [-0.15, -0.1) is 10.2 Å². The molecule has 1 heterocycles. The Labute approximate surface area is 75.9 Å². The van der Waals surface area contributed by atoms with Crippen molar-refractivity contribution in [1.82, 2.24) is 25.5 Å². The van der Waals surface area contributed by atoms with E-state index in [1.807, 2.05) is 11.8 Å². The second-order valence-electron chi connectivity index (χ2n) is 2.36. The molecule has 0 atom stereocenters. The molecule has 0 saturated carbocycles. The molecule has 5 nitrogen and oxygen atoms in total. The molecule has 0 aliphatic rings. The summed E-state index contributed by atoms with van der Waals surface area (Å²) in [5, 5.41) is 14.8. The number of tetrazole rings is 1. The fourth-order valence-corrected chi connectivity index (χ4v) is 1.12. The first-order chi connectivity index (χ1) is 5.83. The van der Waals surface area contributed by atoms with Crippen LogP contribution in [0.15, 0.2) is 0 Å². The largest absolute Gasteiger partial charge is 0.309 e. The Morgan fingerprint density at radius 2 is 2.42 bits per heavy atom. The summed E-state index contributed by atoms with van der Waals surface area (Å²) in [5.41, 5.74) is 0. The minimum atomic E-state index is 0.703. The molecule has 1 rings (SSSR count). The maximum Gasteiger partial charge on any atom is 0.188 e. The Balaban J connectivity index is 2.15. The van der Waals surface area contributed by atoms with E-state index in [-0.39, 0.29) is 0 Å². The summed E-state index contributed by atoms with van der Waals surface area (Å²) in [6.07, 6.45) is 2.09. The Kier molecular flexibility index (Phi) is 4.02. The quantitative estimate of drug-likeness (QED) is 0.639. The van der Waals surface area contributed by atoms with Crippen LogP contribution < -0.4 is 5.32 Å². The highest BCUT2D eigenvalue weighted by Crippen LogP contribution is 1.88. The van der Waals surface area contributed by atoms with Crippen molar-refractivity contribution in [2.45, 2.75) is 6.54 Å². The first-order valence-electron chi connectivity index (χ1n) is 3.75. The molecule has 1 aromatic rings. The van der Waals surface area contributed by atoms with Gasteiger partial charge in [-0.1, -0.05) is 0 Å². The zero-order valence-corrected chi connectivity index (χ0v) is 8.13. The highest BCUT2D eigenvalue weighted by atomic mass is 32.2. The summed E-state index contributed by atoms with van der Waals surface area (Å²) < 4.78 is 0. The smallest absolute Gasteiger partial charge is 0.188 e. The predicted octanol–water partition coefficient (Wildman–Crippen LogP) is -0.337. The number of thioether (sulfide) groups is 1. The van der Waals surface area contributed by atoms with Crippen LogP contribution in [0.1, 0.15) is 5.82 Å². The van der Waals surface area contributed by atoms with Crippen LogP contribution in [0.3, 0.4) is 0 Å². The molecule has 0 aromatic carbocycles. The number of hydrogen-bond acceptors (Lipinski definition) is 5. The van der Waals surface area contributed by atoms with Crippen LogP contribution in [0.5, 0.6) is 0 Å². The van der Waals surface area contributed by atoms with Crippen LogP contribution in [-0.4, -0.2) is 38.8 Å². The standard InChI is InChI=1S/C6H13N5S/c1-11-9-6(8-10-11)5-7-3-4-12-2/h7H,3-5H2,1-2H3. The second kappa shape index (κ2) is 5.10. The summed E-state index contributed by atoms with van der Waals surface area (Å²) in [5.74, 6) is 1.86. The second-order valence-corrected chi connectivity index (χ2v) is 3.35. The lowest BCUT2D eigenvalue weighted by Crippen LogP contribution is -2.17. The summed E-state index contributed by atoms with van der Waals surface area (Å²) in [6, 6.07) is 0. The van der Waals surface area contributed by atoms with E-state index in [1.165, 1.54) is 4.80 Å². The highest BCUT2D eigenvalue weighted by molar-refractivity contribution is 7.98. The van der Waals surface area contributed by atoms with Gasteiger partial charge in [0.1, 0.15) is 0 Å². The van der Waals surface area contributed by atoms with Crippen molar-refractivity contribution >= 4 is 11.8 Å². The predicted molar refractivity (Wildman–Crippen MR) is 48.9 cm³/mol. The molecule has 0 radical (unpaired) electrons. The molecule has 1 N–H and O–H groups in total. The maximum absolute atomic E-state index is 4.03. The van der Waals surface area contributed by atoms with Gasteiger partial charge in [0.2, 0.25) is 0 Å². The van der Waals surface area contributed by atoms with Gasteiger partial charge in [-0.05, 0) is 11.5 Å². The Morgan fingerprint density at radius 3 is 3.00 bits per heavy atom. The van der Waals surface area contributed by atoms with Gasteiger partial charge in [0, 0.05) is 12.3 Å². The zero-order chi connectivity index (χ0) is 8.81. The maximum atomic E-state index is 4.03. The normalized spacial score (nSPS) is 10.5. The van der Waals surface area contributed by atoms with Crippen LogP contribution in [0.4, 0.5) is 0 Å². The molecule has 0 aliphatic heterocycles. The average Bonchev–Trinajstić information content (AvgIpc) is 2.45. The summed E-state index contributed by atoms with van der Waals surface area (Å²) in [6.45, 7) is 1.69. The number of nitrogens with one attached hydrogen (secondary N) is 1. The molecular weight excluding hydrogens is 174 g/mol. The van der Waals surface area contributed by atoms with Gasteiger partial charge < -0.3 is 5.32 Å². The molecule has 0 spiro atoms. The van der Waals surface area contributed by atoms with Crippen LogP contribution in [-0.2, 0) is 13.6 Å². The Hall–Kier alpha value is -0.620.